The van der Waals surface area contributed by atoms with Crippen molar-refractivity contribution < 1.29 is 9.53 Å². The van der Waals surface area contributed by atoms with Gasteiger partial charge in [0.15, 0.2) is 5.78 Å². The maximum Gasteiger partial charge on any atom is 0.226 e. The number of hydrogen-bond acceptors (Lipinski definition) is 5. The Morgan fingerprint density at radius 2 is 2.00 bits per heavy atom. The summed E-state index contributed by atoms with van der Waals surface area (Å²) < 4.78 is 8.91. The summed E-state index contributed by atoms with van der Waals surface area (Å²) >= 11 is 9.59. The number of ketones is 1. The van der Waals surface area contributed by atoms with Crippen LogP contribution in [-0.2, 0) is 11.4 Å². The standard InChI is InChI=1S/C24H22BrClN4O2/c1-24(2)10-18-21(19(31)11-24)22(30-23(29-18)27-13-28-30)17-9-15(25)5-8-20(17)32-12-14-3-6-16(26)7-4-14/h3-9,13,22H,10-12H2,1-2H3,(H,27,28,29). The summed E-state index contributed by atoms with van der Waals surface area (Å²) in [6.45, 7) is 4.61. The summed E-state index contributed by atoms with van der Waals surface area (Å²) in [7, 11) is 0. The number of rotatable bonds is 4. The van der Waals surface area contributed by atoms with Crippen molar-refractivity contribution in [3.05, 3.63) is 80.7 Å². The van der Waals surface area contributed by atoms with Crippen LogP contribution in [0.15, 0.2) is 64.5 Å². The Kier molecular flexibility index (Phi) is 5.34. The number of Topliss-reactive ketones (excluding diaryl/α,β-unsaturated/α-hetero) is 1. The SMILES string of the molecule is CC1(C)CC(=O)C2=C(C1)Nc1ncnn1C2c1cc(Br)ccc1OCc1ccc(Cl)cc1. The van der Waals surface area contributed by atoms with E-state index in [-0.39, 0.29) is 11.2 Å². The normalized spacial score (nSPS) is 19.2. The molecule has 6 nitrogen and oxygen atoms in total. The van der Waals surface area contributed by atoms with E-state index in [9.17, 15) is 4.79 Å². The van der Waals surface area contributed by atoms with E-state index in [0.29, 0.717) is 29.7 Å². The topological polar surface area (TPSA) is 69.0 Å². The number of hydrogen-bond donors (Lipinski definition) is 1. The van der Waals surface area contributed by atoms with Crippen LogP contribution in [0.3, 0.4) is 0 Å². The van der Waals surface area contributed by atoms with Gasteiger partial charge in [-0.3, -0.25) is 4.79 Å². The minimum Gasteiger partial charge on any atom is -0.489 e. The zero-order chi connectivity index (χ0) is 22.5. The van der Waals surface area contributed by atoms with Gasteiger partial charge in [0.05, 0.1) is 0 Å². The molecule has 2 heterocycles. The predicted octanol–water partition coefficient (Wildman–Crippen LogP) is 5.93. The summed E-state index contributed by atoms with van der Waals surface area (Å²) in [4.78, 5) is 17.7. The molecule has 0 spiro atoms. The first-order valence-electron chi connectivity index (χ1n) is 10.4. The Bertz CT molecular complexity index is 1230. The molecule has 1 atom stereocenters. The quantitative estimate of drug-likeness (QED) is 0.468. The molecule has 0 radical (unpaired) electrons. The van der Waals surface area contributed by atoms with Crippen LogP contribution >= 0.6 is 27.5 Å². The highest BCUT2D eigenvalue weighted by Gasteiger charge is 2.42. The molecule has 1 aliphatic carbocycles. The van der Waals surface area contributed by atoms with Crippen molar-refractivity contribution in [3.63, 3.8) is 0 Å². The molecular weight excluding hydrogens is 492 g/mol. The molecule has 32 heavy (non-hydrogen) atoms. The zero-order valence-electron chi connectivity index (χ0n) is 17.7. The third-order valence-corrected chi connectivity index (χ3v) is 6.59. The van der Waals surface area contributed by atoms with Crippen molar-refractivity contribution in [2.24, 2.45) is 5.41 Å². The Morgan fingerprint density at radius 1 is 1.22 bits per heavy atom. The van der Waals surface area contributed by atoms with Gasteiger partial charge in [-0.15, -0.1) is 0 Å². The number of ether oxygens (including phenoxy) is 1. The van der Waals surface area contributed by atoms with Crippen LogP contribution in [0.1, 0.15) is 43.9 Å². The molecule has 0 fully saturated rings. The number of anilines is 1. The molecule has 1 aliphatic heterocycles. The molecular formula is C24H22BrClN4O2. The van der Waals surface area contributed by atoms with Gasteiger partial charge in [-0.1, -0.05) is 53.5 Å². The average Bonchev–Trinajstić information content (AvgIpc) is 3.20. The fraction of sp³-hybridized carbons (Fsp3) is 0.292. The number of allylic oxidation sites excluding steroid dienone is 2. The minimum absolute atomic E-state index is 0.110. The lowest BCUT2D eigenvalue weighted by molar-refractivity contribution is -0.118. The van der Waals surface area contributed by atoms with Crippen molar-refractivity contribution in [1.82, 2.24) is 14.8 Å². The highest BCUT2D eigenvalue weighted by atomic mass is 79.9. The predicted molar refractivity (Wildman–Crippen MR) is 127 cm³/mol. The molecule has 0 saturated carbocycles. The van der Waals surface area contributed by atoms with Gasteiger partial charge < -0.3 is 10.1 Å². The zero-order valence-corrected chi connectivity index (χ0v) is 20.1. The Balaban J connectivity index is 1.58. The van der Waals surface area contributed by atoms with Crippen LogP contribution < -0.4 is 10.1 Å². The van der Waals surface area contributed by atoms with E-state index in [2.05, 4.69) is 45.2 Å². The number of nitrogens with one attached hydrogen (secondary N) is 1. The Morgan fingerprint density at radius 3 is 2.78 bits per heavy atom. The number of nitrogens with zero attached hydrogens (tertiary/aromatic N) is 3. The van der Waals surface area contributed by atoms with Gasteiger partial charge >= 0.3 is 0 Å². The van der Waals surface area contributed by atoms with Gasteiger partial charge in [-0.25, -0.2) is 4.68 Å². The molecule has 1 N–H and O–H groups in total. The fourth-order valence-electron chi connectivity index (χ4n) is 4.44. The lowest BCUT2D eigenvalue weighted by Crippen LogP contribution is -2.36. The summed E-state index contributed by atoms with van der Waals surface area (Å²) in [6, 6.07) is 13.0. The highest BCUT2D eigenvalue weighted by Crippen LogP contribution is 2.47. The lowest BCUT2D eigenvalue weighted by Gasteiger charge is -2.38. The van der Waals surface area contributed by atoms with E-state index in [1.54, 1.807) is 4.68 Å². The van der Waals surface area contributed by atoms with Gasteiger partial charge in [-0.05, 0) is 47.7 Å². The first kappa shape index (κ1) is 21.2. The number of halogens is 2. The maximum absolute atomic E-state index is 13.3. The minimum atomic E-state index is -0.412. The molecule has 2 aliphatic rings. The Labute approximate surface area is 199 Å². The summed E-state index contributed by atoms with van der Waals surface area (Å²) in [6.07, 6.45) is 2.77. The molecule has 0 bridgehead atoms. The molecule has 0 amide bonds. The molecule has 2 aromatic carbocycles. The van der Waals surface area contributed by atoms with Gasteiger partial charge in [-0.2, -0.15) is 10.1 Å². The number of fused-ring (bicyclic) bond motifs is 1. The second-order valence-electron chi connectivity index (χ2n) is 8.99. The van der Waals surface area contributed by atoms with Gasteiger partial charge in [0.1, 0.15) is 24.7 Å². The van der Waals surface area contributed by atoms with E-state index >= 15 is 0 Å². The fourth-order valence-corrected chi connectivity index (χ4v) is 4.95. The van der Waals surface area contributed by atoms with Crippen LogP contribution in [0.2, 0.25) is 5.02 Å². The molecule has 3 aromatic rings. The Hall–Kier alpha value is -2.64. The second kappa shape index (κ2) is 8.05. The molecule has 5 rings (SSSR count). The lowest BCUT2D eigenvalue weighted by atomic mass is 9.73. The average molecular weight is 514 g/mol. The molecule has 164 valence electrons. The second-order valence-corrected chi connectivity index (χ2v) is 10.3. The summed E-state index contributed by atoms with van der Waals surface area (Å²) in [5, 5.41) is 8.48. The first-order chi connectivity index (χ1) is 15.3. The number of carbonyl (C=O) groups is 1. The van der Waals surface area contributed by atoms with Crippen molar-refractivity contribution in [2.45, 2.75) is 39.3 Å². The van der Waals surface area contributed by atoms with E-state index < -0.39 is 6.04 Å². The largest absolute Gasteiger partial charge is 0.489 e. The van der Waals surface area contributed by atoms with Gasteiger partial charge in [0.25, 0.3) is 0 Å². The monoisotopic (exact) mass is 512 g/mol. The summed E-state index contributed by atoms with van der Waals surface area (Å²) in [5.74, 6) is 1.45. The van der Waals surface area contributed by atoms with Crippen molar-refractivity contribution in [3.8, 4) is 5.75 Å². The smallest absolute Gasteiger partial charge is 0.226 e. The van der Waals surface area contributed by atoms with Crippen LogP contribution in [0.25, 0.3) is 0 Å². The van der Waals surface area contributed by atoms with Crippen LogP contribution in [0.5, 0.6) is 5.75 Å². The summed E-state index contributed by atoms with van der Waals surface area (Å²) in [5.41, 5.74) is 3.41. The molecule has 1 aromatic heterocycles. The third kappa shape index (κ3) is 3.95. The van der Waals surface area contributed by atoms with Crippen molar-refractivity contribution in [1.29, 1.82) is 0 Å². The van der Waals surface area contributed by atoms with E-state index in [0.717, 1.165) is 33.3 Å². The number of carbonyl (C=O) groups excluding carboxylic acids is 1. The van der Waals surface area contributed by atoms with E-state index in [1.807, 2.05) is 42.5 Å². The molecule has 8 heteroatoms. The van der Waals surface area contributed by atoms with E-state index in [4.69, 9.17) is 16.3 Å². The van der Waals surface area contributed by atoms with Crippen LogP contribution in [-0.4, -0.2) is 20.5 Å². The highest BCUT2D eigenvalue weighted by molar-refractivity contribution is 9.10. The van der Waals surface area contributed by atoms with Crippen molar-refractivity contribution >= 4 is 39.3 Å². The third-order valence-electron chi connectivity index (χ3n) is 5.85. The van der Waals surface area contributed by atoms with Crippen LogP contribution in [0, 0.1) is 5.41 Å². The first-order valence-corrected chi connectivity index (χ1v) is 11.6. The number of aromatic nitrogens is 3. The van der Waals surface area contributed by atoms with E-state index in [1.165, 1.54) is 6.33 Å². The van der Waals surface area contributed by atoms with Crippen molar-refractivity contribution in [2.75, 3.05) is 5.32 Å². The molecule has 1 unspecified atom stereocenters. The number of benzene rings is 2. The van der Waals surface area contributed by atoms with Gasteiger partial charge in [0, 0.05) is 32.7 Å². The maximum atomic E-state index is 13.3. The van der Waals surface area contributed by atoms with Crippen LogP contribution in [0.4, 0.5) is 5.95 Å². The molecule has 0 saturated heterocycles. The van der Waals surface area contributed by atoms with Gasteiger partial charge in [0.2, 0.25) is 5.95 Å².